The van der Waals surface area contributed by atoms with Crippen molar-refractivity contribution in [1.82, 2.24) is 4.72 Å². The van der Waals surface area contributed by atoms with E-state index in [0.29, 0.717) is 6.42 Å². The molecule has 0 bridgehead atoms. The molecule has 0 amide bonds. The molecule has 6 heteroatoms. The molecule has 0 radical (unpaired) electrons. The Kier molecular flexibility index (Phi) is 5.15. The van der Waals surface area contributed by atoms with E-state index in [0.717, 1.165) is 21.4 Å². The summed E-state index contributed by atoms with van der Waals surface area (Å²) in [5.41, 5.74) is 0. The first kappa shape index (κ1) is 15.4. The molecule has 2 rings (SSSR count). The maximum Gasteiger partial charge on any atom is 0.211 e. The number of aliphatic hydroxyl groups excluding tert-OH is 1. The van der Waals surface area contributed by atoms with E-state index in [4.69, 9.17) is 0 Å². The molecular weight excluding hydrogens is 294 g/mol. The van der Waals surface area contributed by atoms with Crippen LogP contribution in [0.2, 0.25) is 0 Å². The van der Waals surface area contributed by atoms with Crippen LogP contribution in [-0.2, 0) is 10.0 Å². The number of aliphatic hydroxyl groups is 1. The van der Waals surface area contributed by atoms with Crippen LogP contribution in [0.5, 0.6) is 0 Å². The summed E-state index contributed by atoms with van der Waals surface area (Å²) in [5.74, 6) is 0.114. The molecule has 0 aliphatic rings. The van der Waals surface area contributed by atoms with E-state index < -0.39 is 16.1 Å². The molecule has 110 valence electrons. The van der Waals surface area contributed by atoms with Gasteiger partial charge in [0, 0.05) is 16.1 Å². The predicted octanol–water partition coefficient (Wildman–Crippen LogP) is 2.65. The number of rotatable bonds is 7. The van der Waals surface area contributed by atoms with Gasteiger partial charge in [0.2, 0.25) is 10.0 Å². The number of hydrogen-bond acceptors (Lipinski definition) is 4. The van der Waals surface area contributed by atoms with Gasteiger partial charge in [0.25, 0.3) is 0 Å². The summed E-state index contributed by atoms with van der Waals surface area (Å²) >= 11 is 1.49. The molecule has 1 aromatic carbocycles. The molecule has 0 saturated heterocycles. The quantitative estimate of drug-likeness (QED) is 0.826. The van der Waals surface area contributed by atoms with Crippen LogP contribution < -0.4 is 4.72 Å². The number of unbranched alkanes of at least 4 members (excludes halogenated alkanes) is 1. The van der Waals surface area contributed by atoms with Crippen molar-refractivity contribution in [2.45, 2.75) is 25.9 Å². The van der Waals surface area contributed by atoms with Gasteiger partial charge in [0.05, 0.1) is 5.75 Å². The van der Waals surface area contributed by atoms with Gasteiger partial charge >= 0.3 is 0 Å². The van der Waals surface area contributed by atoms with Crippen molar-refractivity contribution in [1.29, 1.82) is 0 Å². The van der Waals surface area contributed by atoms with Crippen molar-refractivity contribution in [2.24, 2.45) is 0 Å². The van der Waals surface area contributed by atoms with Gasteiger partial charge in [0.15, 0.2) is 0 Å². The van der Waals surface area contributed by atoms with Crippen molar-refractivity contribution < 1.29 is 13.5 Å². The van der Waals surface area contributed by atoms with E-state index in [-0.39, 0.29) is 12.3 Å². The van der Waals surface area contributed by atoms with Crippen LogP contribution in [0.25, 0.3) is 10.1 Å². The summed E-state index contributed by atoms with van der Waals surface area (Å²) in [6, 6.07) is 9.77. The van der Waals surface area contributed by atoms with Gasteiger partial charge in [-0.15, -0.1) is 11.3 Å². The van der Waals surface area contributed by atoms with Crippen LogP contribution in [0.1, 0.15) is 30.7 Å². The van der Waals surface area contributed by atoms with Gasteiger partial charge in [-0.1, -0.05) is 31.5 Å². The second-order valence-corrected chi connectivity index (χ2v) is 7.77. The second kappa shape index (κ2) is 6.67. The highest BCUT2D eigenvalue weighted by molar-refractivity contribution is 7.89. The summed E-state index contributed by atoms with van der Waals surface area (Å²) < 4.78 is 26.9. The molecule has 1 atom stereocenters. The zero-order chi connectivity index (χ0) is 14.6. The topological polar surface area (TPSA) is 66.4 Å². The minimum absolute atomic E-state index is 0.0267. The van der Waals surface area contributed by atoms with Gasteiger partial charge in [-0.25, -0.2) is 13.1 Å². The van der Waals surface area contributed by atoms with Gasteiger partial charge in [-0.05, 0) is 23.9 Å². The molecule has 1 heterocycles. The van der Waals surface area contributed by atoms with Gasteiger partial charge in [0.1, 0.15) is 6.10 Å². The van der Waals surface area contributed by atoms with Crippen LogP contribution in [0, 0.1) is 0 Å². The summed E-state index contributed by atoms with van der Waals surface area (Å²) in [5, 5.41) is 11.2. The van der Waals surface area contributed by atoms with Gasteiger partial charge in [-0.3, -0.25) is 0 Å². The molecule has 0 saturated carbocycles. The van der Waals surface area contributed by atoms with Gasteiger partial charge in [-0.2, -0.15) is 0 Å². The predicted molar refractivity (Wildman–Crippen MR) is 83.5 cm³/mol. The highest BCUT2D eigenvalue weighted by Gasteiger charge is 2.15. The standard InChI is InChI=1S/C14H19NO3S2/c1-2-3-8-20(17,18)15-10-12(16)14-9-11-6-4-5-7-13(11)19-14/h4-7,9,12,15-16H,2-3,8,10H2,1H3. The molecule has 0 aliphatic carbocycles. The van der Waals surface area contributed by atoms with Crippen molar-refractivity contribution in [3.8, 4) is 0 Å². The molecule has 20 heavy (non-hydrogen) atoms. The van der Waals surface area contributed by atoms with E-state index in [1.54, 1.807) is 0 Å². The molecule has 4 nitrogen and oxygen atoms in total. The van der Waals surface area contributed by atoms with Crippen LogP contribution >= 0.6 is 11.3 Å². The maximum atomic E-state index is 11.7. The molecule has 0 fully saturated rings. The largest absolute Gasteiger partial charge is 0.386 e. The number of hydrogen-bond donors (Lipinski definition) is 2. The van der Waals surface area contributed by atoms with Crippen LogP contribution in [-0.4, -0.2) is 25.8 Å². The summed E-state index contributed by atoms with van der Waals surface area (Å²) in [6.07, 6.45) is 0.664. The number of fused-ring (bicyclic) bond motifs is 1. The highest BCUT2D eigenvalue weighted by atomic mass is 32.2. The fourth-order valence-electron chi connectivity index (χ4n) is 1.88. The molecule has 0 aliphatic heterocycles. The van der Waals surface area contributed by atoms with Crippen molar-refractivity contribution in [3.05, 3.63) is 35.2 Å². The lowest BCUT2D eigenvalue weighted by atomic mass is 10.2. The smallest absolute Gasteiger partial charge is 0.211 e. The monoisotopic (exact) mass is 313 g/mol. The van der Waals surface area contributed by atoms with Crippen LogP contribution in [0.3, 0.4) is 0 Å². The lowest BCUT2D eigenvalue weighted by Crippen LogP contribution is -2.30. The third kappa shape index (κ3) is 4.02. The average molecular weight is 313 g/mol. The Hall–Kier alpha value is -0.950. The Labute approximate surface area is 123 Å². The van der Waals surface area contributed by atoms with E-state index in [2.05, 4.69) is 4.72 Å². The zero-order valence-electron chi connectivity index (χ0n) is 11.4. The van der Waals surface area contributed by atoms with Crippen molar-refractivity contribution in [2.75, 3.05) is 12.3 Å². The molecule has 2 aromatic rings. The molecule has 0 spiro atoms. The molecule has 1 unspecified atom stereocenters. The fourth-order valence-corrected chi connectivity index (χ4v) is 4.16. The second-order valence-electron chi connectivity index (χ2n) is 4.72. The van der Waals surface area contributed by atoms with Crippen LogP contribution in [0.4, 0.5) is 0 Å². The summed E-state index contributed by atoms with van der Waals surface area (Å²) in [6.45, 7) is 1.97. The highest BCUT2D eigenvalue weighted by Crippen LogP contribution is 2.29. The minimum atomic E-state index is -3.28. The Morgan fingerprint density at radius 1 is 1.35 bits per heavy atom. The number of nitrogens with one attached hydrogen (secondary N) is 1. The number of sulfonamides is 1. The summed E-state index contributed by atoms with van der Waals surface area (Å²) in [4.78, 5) is 0.782. The molecular formula is C14H19NO3S2. The molecule has 1 aromatic heterocycles. The van der Waals surface area contributed by atoms with Crippen molar-refractivity contribution >= 4 is 31.4 Å². The van der Waals surface area contributed by atoms with E-state index in [1.165, 1.54) is 11.3 Å². The van der Waals surface area contributed by atoms with E-state index >= 15 is 0 Å². The Bertz CT molecular complexity index is 631. The van der Waals surface area contributed by atoms with E-state index in [9.17, 15) is 13.5 Å². The van der Waals surface area contributed by atoms with Gasteiger partial charge < -0.3 is 5.11 Å². The Morgan fingerprint density at radius 2 is 2.10 bits per heavy atom. The van der Waals surface area contributed by atoms with Crippen molar-refractivity contribution in [3.63, 3.8) is 0 Å². The fraction of sp³-hybridized carbons (Fsp3) is 0.429. The Morgan fingerprint density at radius 3 is 2.80 bits per heavy atom. The minimum Gasteiger partial charge on any atom is -0.386 e. The normalized spacial score (nSPS) is 13.7. The maximum absolute atomic E-state index is 11.7. The van der Waals surface area contributed by atoms with Crippen LogP contribution in [0.15, 0.2) is 30.3 Å². The lowest BCUT2D eigenvalue weighted by molar-refractivity contribution is 0.186. The molecule has 2 N–H and O–H groups in total. The zero-order valence-corrected chi connectivity index (χ0v) is 13.0. The third-order valence-corrected chi connectivity index (χ3v) is 5.69. The lowest BCUT2D eigenvalue weighted by Gasteiger charge is -2.10. The first-order chi connectivity index (χ1) is 9.52. The first-order valence-electron chi connectivity index (χ1n) is 6.65. The number of thiophene rings is 1. The van der Waals surface area contributed by atoms with E-state index in [1.807, 2.05) is 37.3 Å². The third-order valence-electron chi connectivity index (χ3n) is 3.04. The SMILES string of the molecule is CCCCS(=O)(=O)NCC(O)c1cc2ccccc2s1. The first-order valence-corrected chi connectivity index (χ1v) is 9.12. The average Bonchev–Trinajstić information content (AvgIpc) is 2.86. The summed E-state index contributed by atoms with van der Waals surface area (Å²) in [7, 11) is -3.28. The number of benzene rings is 1. The Balaban J connectivity index is 1.99.